The Labute approximate surface area is 134 Å². The summed E-state index contributed by atoms with van der Waals surface area (Å²) >= 11 is 0. The maximum absolute atomic E-state index is 12.4. The van der Waals surface area contributed by atoms with E-state index in [9.17, 15) is 9.59 Å². The summed E-state index contributed by atoms with van der Waals surface area (Å²) in [5, 5.41) is 3.87. The van der Waals surface area contributed by atoms with E-state index in [0.29, 0.717) is 17.3 Å². The van der Waals surface area contributed by atoms with Crippen LogP contribution in [-0.2, 0) is 16.1 Å². The van der Waals surface area contributed by atoms with Gasteiger partial charge < -0.3 is 10.1 Å². The van der Waals surface area contributed by atoms with Gasteiger partial charge in [0.1, 0.15) is 0 Å². The van der Waals surface area contributed by atoms with Crippen molar-refractivity contribution in [3.8, 4) is 0 Å². The zero-order valence-electron chi connectivity index (χ0n) is 13.2. The number of aromatic nitrogens is 2. The number of ether oxygens (including phenoxy) is 1. The number of ketones is 1. The molecule has 2 aromatic rings. The second-order valence-corrected chi connectivity index (χ2v) is 5.91. The van der Waals surface area contributed by atoms with Crippen molar-refractivity contribution in [1.29, 1.82) is 0 Å². The van der Waals surface area contributed by atoms with Gasteiger partial charge in [-0.15, -0.1) is 0 Å². The van der Waals surface area contributed by atoms with Crippen LogP contribution < -0.4 is 10.9 Å². The molecule has 122 valence electrons. The number of hydrogen-bond acceptors (Lipinski definition) is 5. The minimum atomic E-state index is -0.177. The molecule has 6 heteroatoms. The van der Waals surface area contributed by atoms with Crippen molar-refractivity contribution in [1.82, 2.24) is 14.9 Å². The van der Waals surface area contributed by atoms with E-state index in [-0.39, 0.29) is 30.0 Å². The maximum atomic E-state index is 12.4. The van der Waals surface area contributed by atoms with Gasteiger partial charge in [-0.25, -0.2) is 4.98 Å². The largest absolute Gasteiger partial charge is 0.380 e. The van der Waals surface area contributed by atoms with Gasteiger partial charge in [0.15, 0.2) is 5.78 Å². The van der Waals surface area contributed by atoms with E-state index in [0.717, 1.165) is 19.4 Å². The van der Waals surface area contributed by atoms with Crippen LogP contribution in [0.5, 0.6) is 0 Å². The first-order valence-corrected chi connectivity index (χ1v) is 7.91. The monoisotopic (exact) mass is 315 g/mol. The van der Waals surface area contributed by atoms with Gasteiger partial charge in [-0.3, -0.25) is 14.2 Å². The molecule has 0 saturated carbocycles. The second kappa shape index (κ2) is 7.02. The number of piperidine rings is 1. The Balaban J connectivity index is 1.73. The summed E-state index contributed by atoms with van der Waals surface area (Å²) < 4.78 is 6.82. The third-order valence-corrected chi connectivity index (χ3v) is 4.35. The van der Waals surface area contributed by atoms with Crippen molar-refractivity contribution in [3.63, 3.8) is 0 Å². The van der Waals surface area contributed by atoms with Crippen molar-refractivity contribution in [2.24, 2.45) is 0 Å². The van der Waals surface area contributed by atoms with Crippen molar-refractivity contribution in [3.05, 3.63) is 40.9 Å². The summed E-state index contributed by atoms with van der Waals surface area (Å²) in [6.07, 6.45) is 3.87. The van der Waals surface area contributed by atoms with Gasteiger partial charge in [0.2, 0.25) is 0 Å². The minimum Gasteiger partial charge on any atom is -0.380 e. The molecule has 6 nitrogen and oxygen atoms in total. The summed E-state index contributed by atoms with van der Waals surface area (Å²) in [4.78, 5) is 29.0. The molecule has 0 radical (unpaired) electrons. The number of benzene rings is 1. The normalized spacial score (nSPS) is 21.4. The highest BCUT2D eigenvalue weighted by atomic mass is 16.5. The number of nitrogens with one attached hydrogen (secondary N) is 1. The lowest BCUT2D eigenvalue weighted by molar-refractivity contribution is -0.121. The number of carbonyl (C=O) groups excluding carboxylic acids is 1. The number of hydrogen-bond donors (Lipinski definition) is 1. The highest BCUT2D eigenvalue weighted by molar-refractivity contribution is 5.80. The quantitative estimate of drug-likeness (QED) is 0.895. The Morgan fingerprint density at radius 1 is 1.43 bits per heavy atom. The molecule has 0 amide bonds. The Bertz CT molecular complexity index is 756. The summed E-state index contributed by atoms with van der Waals surface area (Å²) in [7, 11) is 1.67. The number of para-hydroxylation sites is 1. The highest BCUT2D eigenvalue weighted by Gasteiger charge is 2.26. The van der Waals surface area contributed by atoms with E-state index in [2.05, 4.69) is 10.3 Å². The molecule has 2 unspecified atom stereocenters. The fourth-order valence-electron chi connectivity index (χ4n) is 3.13. The van der Waals surface area contributed by atoms with Crippen LogP contribution in [0.25, 0.3) is 10.9 Å². The molecule has 1 aromatic heterocycles. The van der Waals surface area contributed by atoms with Crippen LogP contribution >= 0.6 is 0 Å². The van der Waals surface area contributed by atoms with Crippen LogP contribution in [0.3, 0.4) is 0 Å². The number of carbonyl (C=O) groups is 1. The lowest BCUT2D eigenvalue weighted by Crippen LogP contribution is -2.47. The molecular weight excluding hydrogens is 294 g/mol. The lowest BCUT2D eigenvalue weighted by atomic mass is 9.96. The minimum absolute atomic E-state index is 0.00521. The molecule has 23 heavy (non-hydrogen) atoms. The molecule has 0 aliphatic carbocycles. The van der Waals surface area contributed by atoms with E-state index in [1.807, 2.05) is 6.07 Å². The van der Waals surface area contributed by atoms with Crippen molar-refractivity contribution in [2.45, 2.75) is 38.0 Å². The van der Waals surface area contributed by atoms with Crippen LogP contribution in [0.15, 0.2) is 35.4 Å². The van der Waals surface area contributed by atoms with E-state index in [1.165, 1.54) is 10.9 Å². The number of fused-ring (bicyclic) bond motifs is 1. The molecule has 1 fully saturated rings. The van der Waals surface area contributed by atoms with Gasteiger partial charge in [0.25, 0.3) is 5.56 Å². The fourth-order valence-corrected chi connectivity index (χ4v) is 3.13. The average Bonchev–Trinajstić information content (AvgIpc) is 2.58. The molecule has 1 N–H and O–H groups in total. The standard InChI is InChI=1S/C17H21N3O3/c1-23-16-7-4-8-18-15(16)9-12(21)10-20-11-19-14-6-3-2-5-13(14)17(20)22/h2-3,5-6,11,15-16,18H,4,7-10H2,1H3. The molecular formula is C17H21N3O3. The van der Waals surface area contributed by atoms with Crippen LogP contribution in [0.2, 0.25) is 0 Å². The Kier molecular flexibility index (Phi) is 4.83. The van der Waals surface area contributed by atoms with Crippen molar-refractivity contribution >= 4 is 16.7 Å². The van der Waals surface area contributed by atoms with E-state index < -0.39 is 0 Å². The topological polar surface area (TPSA) is 73.2 Å². The van der Waals surface area contributed by atoms with Crippen LogP contribution in [0.1, 0.15) is 19.3 Å². The number of methoxy groups -OCH3 is 1. The summed E-state index contributed by atoms with van der Waals surface area (Å²) in [5.41, 5.74) is 0.471. The zero-order chi connectivity index (χ0) is 16.2. The number of Topliss-reactive ketones (excluding diaryl/α,β-unsaturated/α-hetero) is 1. The predicted molar refractivity (Wildman–Crippen MR) is 87.4 cm³/mol. The molecule has 1 aliphatic heterocycles. The van der Waals surface area contributed by atoms with Gasteiger partial charge in [0.05, 0.1) is 29.9 Å². The van der Waals surface area contributed by atoms with Gasteiger partial charge in [0, 0.05) is 19.6 Å². The molecule has 0 bridgehead atoms. The summed E-state index contributed by atoms with van der Waals surface area (Å²) in [6.45, 7) is 0.945. The first-order valence-electron chi connectivity index (χ1n) is 7.91. The Morgan fingerprint density at radius 2 is 2.26 bits per heavy atom. The molecule has 3 rings (SSSR count). The third-order valence-electron chi connectivity index (χ3n) is 4.35. The van der Waals surface area contributed by atoms with E-state index in [1.54, 1.807) is 25.3 Å². The van der Waals surface area contributed by atoms with Gasteiger partial charge in [-0.05, 0) is 31.5 Å². The third kappa shape index (κ3) is 3.48. The maximum Gasteiger partial charge on any atom is 0.261 e. The van der Waals surface area contributed by atoms with Gasteiger partial charge >= 0.3 is 0 Å². The molecule has 1 aromatic carbocycles. The van der Waals surface area contributed by atoms with Crippen molar-refractivity contribution in [2.75, 3.05) is 13.7 Å². The molecule has 2 atom stereocenters. The van der Waals surface area contributed by atoms with Crippen LogP contribution in [-0.4, -0.2) is 41.1 Å². The van der Waals surface area contributed by atoms with Gasteiger partial charge in [-0.1, -0.05) is 12.1 Å². The number of nitrogens with zero attached hydrogens (tertiary/aromatic N) is 2. The van der Waals surface area contributed by atoms with E-state index in [4.69, 9.17) is 4.74 Å². The highest BCUT2D eigenvalue weighted by Crippen LogP contribution is 2.15. The van der Waals surface area contributed by atoms with E-state index >= 15 is 0 Å². The van der Waals surface area contributed by atoms with Crippen LogP contribution in [0.4, 0.5) is 0 Å². The zero-order valence-corrected chi connectivity index (χ0v) is 13.2. The summed E-state index contributed by atoms with van der Waals surface area (Å²) in [5.74, 6) is 0.00521. The fraction of sp³-hybridized carbons (Fsp3) is 0.471. The predicted octanol–water partition coefficient (Wildman–Crippen LogP) is 1.12. The van der Waals surface area contributed by atoms with Gasteiger partial charge in [-0.2, -0.15) is 0 Å². The number of rotatable bonds is 5. The first kappa shape index (κ1) is 15.8. The summed E-state index contributed by atoms with van der Waals surface area (Å²) in [6, 6.07) is 7.18. The first-order chi connectivity index (χ1) is 11.2. The molecule has 0 spiro atoms. The SMILES string of the molecule is COC1CCCNC1CC(=O)Cn1cnc2ccccc2c1=O. The Hall–Kier alpha value is -2.05. The molecule has 2 heterocycles. The smallest absolute Gasteiger partial charge is 0.261 e. The van der Waals surface area contributed by atoms with Crippen LogP contribution in [0, 0.1) is 0 Å². The van der Waals surface area contributed by atoms with Crippen molar-refractivity contribution < 1.29 is 9.53 Å². The molecule has 1 saturated heterocycles. The second-order valence-electron chi connectivity index (χ2n) is 5.91. The molecule has 1 aliphatic rings. The average molecular weight is 315 g/mol. The Morgan fingerprint density at radius 3 is 3.09 bits per heavy atom. The lowest BCUT2D eigenvalue weighted by Gasteiger charge is -2.31.